The fourth-order valence-electron chi connectivity index (χ4n) is 2.06. The largest absolute Gasteiger partial charge is 0.497 e. The highest BCUT2D eigenvalue weighted by atomic mass is 16.5. The highest BCUT2D eigenvalue weighted by Gasteiger charge is 2.18. The lowest BCUT2D eigenvalue weighted by Gasteiger charge is -2.07. The molecular formula is C15H13N5O4. The minimum absolute atomic E-state index is 0.132. The van der Waals surface area contributed by atoms with Crippen LogP contribution < -0.4 is 9.47 Å². The second kappa shape index (κ2) is 6.32. The summed E-state index contributed by atoms with van der Waals surface area (Å²) in [6.07, 6.45) is 1.56. The van der Waals surface area contributed by atoms with Crippen molar-refractivity contribution in [2.45, 2.75) is 0 Å². The van der Waals surface area contributed by atoms with Gasteiger partial charge in [-0.2, -0.15) is 5.10 Å². The molecular weight excluding hydrogens is 314 g/mol. The zero-order chi connectivity index (χ0) is 17.1. The molecule has 3 aromatic heterocycles. The van der Waals surface area contributed by atoms with Crippen LogP contribution in [0.2, 0.25) is 0 Å². The van der Waals surface area contributed by atoms with Gasteiger partial charge in [-0.05, 0) is 12.1 Å². The first kappa shape index (κ1) is 15.4. The summed E-state index contributed by atoms with van der Waals surface area (Å²) >= 11 is 0. The van der Waals surface area contributed by atoms with Crippen LogP contribution in [0, 0.1) is 0 Å². The fraction of sp³-hybridized carbons (Fsp3) is 0.133. The summed E-state index contributed by atoms with van der Waals surface area (Å²) in [5.41, 5.74) is 0.810. The molecule has 0 unspecified atom stereocenters. The van der Waals surface area contributed by atoms with E-state index in [1.54, 1.807) is 30.5 Å². The molecule has 0 aromatic carbocycles. The molecule has 0 aliphatic heterocycles. The van der Waals surface area contributed by atoms with E-state index in [4.69, 9.17) is 9.47 Å². The van der Waals surface area contributed by atoms with Crippen molar-refractivity contribution in [3.63, 3.8) is 0 Å². The van der Waals surface area contributed by atoms with Gasteiger partial charge < -0.3 is 14.6 Å². The van der Waals surface area contributed by atoms with Gasteiger partial charge in [0.15, 0.2) is 11.5 Å². The van der Waals surface area contributed by atoms with Crippen LogP contribution in [0.4, 0.5) is 0 Å². The van der Waals surface area contributed by atoms with Crippen LogP contribution in [-0.2, 0) is 0 Å². The van der Waals surface area contributed by atoms with Crippen molar-refractivity contribution in [3.05, 3.63) is 42.2 Å². The molecule has 0 bridgehead atoms. The normalized spacial score (nSPS) is 10.4. The lowest BCUT2D eigenvalue weighted by atomic mass is 10.2. The summed E-state index contributed by atoms with van der Waals surface area (Å²) in [7, 11) is 3.01. The van der Waals surface area contributed by atoms with Crippen molar-refractivity contribution in [2.75, 3.05) is 14.2 Å². The molecule has 0 amide bonds. The Hall–Kier alpha value is -3.49. The first-order chi connectivity index (χ1) is 11.6. The molecule has 122 valence electrons. The Balaban J connectivity index is 2.14. The molecule has 0 saturated heterocycles. The third-order valence-electron chi connectivity index (χ3n) is 3.21. The number of nitrogens with zero attached hydrogens (tertiary/aromatic N) is 5. The smallest absolute Gasteiger partial charge is 0.356 e. The number of methoxy groups -OCH3 is 2. The molecule has 3 aromatic rings. The molecule has 0 radical (unpaired) electrons. The van der Waals surface area contributed by atoms with Crippen LogP contribution in [0.5, 0.6) is 11.6 Å². The predicted molar refractivity (Wildman–Crippen MR) is 82.4 cm³/mol. The minimum atomic E-state index is -1.15. The molecule has 24 heavy (non-hydrogen) atoms. The summed E-state index contributed by atoms with van der Waals surface area (Å²) in [4.78, 5) is 15.5. The number of carbonyl (C=O) groups is 1. The zero-order valence-electron chi connectivity index (χ0n) is 12.9. The molecule has 0 aliphatic carbocycles. The Morgan fingerprint density at radius 3 is 2.58 bits per heavy atom. The Bertz CT molecular complexity index is 876. The van der Waals surface area contributed by atoms with E-state index in [2.05, 4.69) is 20.3 Å². The number of ether oxygens (including phenoxy) is 2. The monoisotopic (exact) mass is 327 g/mol. The van der Waals surface area contributed by atoms with Crippen LogP contribution in [-0.4, -0.2) is 50.3 Å². The molecule has 0 fully saturated rings. The summed E-state index contributed by atoms with van der Waals surface area (Å²) < 4.78 is 11.5. The molecule has 0 saturated carbocycles. The van der Waals surface area contributed by atoms with Crippen LogP contribution in [0.25, 0.3) is 17.2 Å². The number of hydrogen-bond donors (Lipinski definition) is 1. The van der Waals surface area contributed by atoms with E-state index in [1.807, 2.05) is 0 Å². The van der Waals surface area contributed by atoms with Crippen molar-refractivity contribution >= 4 is 5.97 Å². The van der Waals surface area contributed by atoms with Gasteiger partial charge in [0.2, 0.25) is 5.88 Å². The molecule has 0 atom stereocenters. The fourth-order valence-corrected chi connectivity index (χ4v) is 2.06. The third-order valence-corrected chi connectivity index (χ3v) is 3.21. The van der Waals surface area contributed by atoms with Gasteiger partial charge in [-0.15, -0.1) is 10.2 Å². The standard InChI is InChI=1S/C15H13N5O4/c1-23-9-5-6-16-10(7-9)12-8-11(15(21)22)19-20(12)13-3-4-14(24-2)18-17-13/h3-8H,1-2H3,(H,21,22). The van der Waals surface area contributed by atoms with Crippen molar-refractivity contribution in [1.29, 1.82) is 0 Å². The molecule has 1 N–H and O–H groups in total. The van der Waals surface area contributed by atoms with Gasteiger partial charge in [0.1, 0.15) is 5.75 Å². The SMILES string of the molecule is COc1ccnc(-c2cc(C(=O)O)nn2-c2ccc(OC)nn2)c1. The minimum Gasteiger partial charge on any atom is -0.497 e. The van der Waals surface area contributed by atoms with E-state index in [0.717, 1.165) is 0 Å². The first-order valence-corrected chi connectivity index (χ1v) is 6.84. The van der Waals surface area contributed by atoms with E-state index in [1.165, 1.54) is 25.0 Å². The van der Waals surface area contributed by atoms with E-state index < -0.39 is 5.97 Å². The number of aromatic carboxylic acids is 1. The maximum absolute atomic E-state index is 11.3. The topological polar surface area (TPSA) is 112 Å². The van der Waals surface area contributed by atoms with Gasteiger partial charge in [0, 0.05) is 24.4 Å². The lowest BCUT2D eigenvalue weighted by molar-refractivity contribution is 0.0690. The number of carboxylic acid groups (broad SMARTS) is 1. The van der Waals surface area contributed by atoms with Crippen LogP contribution >= 0.6 is 0 Å². The molecule has 9 heteroatoms. The Morgan fingerprint density at radius 1 is 1.12 bits per heavy atom. The second-order valence-electron chi connectivity index (χ2n) is 4.65. The Morgan fingerprint density at radius 2 is 1.96 bits per heavy atom. The summed E-state index contributed by atoms with van der Waals surface area (Å²) in [5, 5.41) is 21.1. The van der Waals surface area contributed by atoms with E-state index >= 15 is 0 Å². The van der Waals surface area contributed by atoms with Crippen molar-refractivity contribution < 1.29 is 19.4 Å². The van der Waals surface area contributed by atoms with Crippen molar-refractivity contribution in [1.82, 2.24) is 25.0 Å². The third kappa shape index (κ3) is 2.86. The van der Waals surface area contributed by atoms with E-state index in [-0.39, 0.29) is 5.69 Å². The van der Waals surface area contributed by atoms with Gasteiger partial charge >= 0.3 is 5.97 Å². The highest BCUT2D eigenvalue weighted by molar-refractivity contribution is 5.87. The van der Waals surface area contributed by atoms with Crippen LogP contribution in [0.15, 0.2) is 36.5 Å². The highest BCUT2D eigenvalue weighted by Crippen LogP contribution is 2.24. The number of aromatic nitrogens is 5. The maximum Gasteiger partial charge on any atom is 0.356 e. The van der Waals surface area contributed by atoms with Crippen molar-refractivity contribution in [3.8, 4) is 28.8 Å². The number of rotatable bonds is 5. The molecule has 0 aliphatic rings. The molecule has 9 nitrogen and oxygen atoms in total. The summed E-state index contributed by atoms with van der Waals surface area (Å²) in [5.74, 6) is 0.109. The lowest BCUT2D eigenvalue weighted by Crippen LogP contribution is -2.06. The number of hydrogen-bond acceptors (Lipinski definition) is 7. The van der Waals surface area contributed by atoms with E-state index in [9.17, 15) is 9.90 Å². The molecule has 3 rings (SSSR count). The van der Waals surface area contributed by atoms with Gasteiger partial charge in [-0.25, -0.2) is 9.48 Å². The zero-order valence-corrected chi connectivity index (χ0v) is 12.9. The first-order valence-electron chi connectivity index (χ1n) is 6.84. The number of carboxylic acids is 1. The quantitative estimate of drug-likeness (QED) is 0.749. The maximum atomic E-state index is 11.3. The van der Waals surface area contributed by atoms with Gasteiger partial charge in [0.25, 0.3) is 0 Å². The Labute approximate surface area is 136 Å². The molecule has 0 spiro atoms. The average molecular weight is 327 g/mol. The second-order valence-corrected chi connectivity index (χ2v) is 4.65. The summed E-state index contributed by atoms with van der Waals surface area (Å²) in [6, 6.07) is 8.00. The average Bonchev–Trinajstić information content (AvgIpc) is 3.07. The molecule has 3 heterocycles. The predicted octanol–water partition coefficient (Wildman–Crippen LogP) is 1.44. The van der Waals surface area contributed by atoms with Crippen LogP contribution in [0.1, 0.15) is 10.5 Å². The van der Waals surface area contributed by atoms with E-state index in [0.29, 0.717) is 28.8 Å². The Kier molecular flexibility index (Phi) is 4.06. The summed E-state index contributed by atoms with van der Waals surface area (Å²) in [6.45, 7) is 0. The van der Waals surface area contributed by atoms with Crippen LogP contribution in [0.3, 0.4) is 0 Å². The van der Waals surface area contributed by atoms with Gasteiger partial charge in [-0.1, -0.05) is 0 Å². The number of pyridine rings is 1. The van der Waals surface area contributed by atoms with Gasteiger partial charge in [0.05, 0.1) is 25.6 Å². The van der Waals surface area contributed by atoms with Crippen molar-refractivity contribution in [2.24, 2.45) is 0 Å². The van der Waals surface area contributed by atoms with Gasteiger partial charge in [-0.3, -0.25) is 4.98 Å².